The summed E-state index contributed by atoms with van der Waals surface area (Å²) in [5.41, 5.74) is -0.685. The Morgan fingerprint density at radius 2 is 2.08 bits per heavy atom. The van der Waals surface area contributed by atoms with Crippen molar-refractivity contribution in [3.05, 3.63) is 51.6 Å². The highest BCUT2D eigenvalue weighted by Gasteiger charge is 2.20. The van der Waals surface area contributed by atoms with Crippen LogP contribution >= 0.6 is 0 Å². The van der Waals surface area contributed by atoms with Gasteiger partial charge in [-0.1, -0.05) is 6.08 Å². The predicted octanol–water partition coefficient (Wildman–Crippen LogP) is 2.29. The Balaban J connectivity index is 1.92. The van der Waals surface area contributed by atoms with Crippen molar-refractivity contribution in [3.63, 3.8) is 0 Å². The number of carbonyl (C=O) groups is 1. The number of benzene rings is 1. The first-order chi connectivity index (χ1) is 11.5. The number of carbonyl (C=O) groups excluding carboxylic acids is 1. The zero-order valence-corrected chi connectivity index (χ0v) is 13.0. The van der Waals surface area contributed by atoms with Crippen molar-refractivity contribution >= 4 is 11.9 Å². The molecule has 24 heavy (non-hydrogen) atoms. The molecule has 0 amide bonds. The van der Waals surface area contributed by atoms with Gasteiger partial charge in [-0.25, -0.2) is 4.79 Å². The topological polar surface area (TPSA) is 95.2 Å². The number of allylic oxidation sites excluding steroid dienone is 1. The van der Waals surface area contributed by atoms with Crippen LogP contribution in [0, 0.1) is 6.92 Å². The van der Waals surface area contributed by atoms with Gasteiger partial charge in [0.1, 0.15) is 17.1 Å². The van der Waals surface area contributed by atoms with Gasteiger partial charge in [0, 0.05) is 6.07 Å². The average Bonchev–Trinajstić information content (AvgIpc) is 2.99. The second-order valence-electron chi connectivity index (χ2n) is 5.06. The molecule has 1 aromatic heterocycles. The van der Waals surface area contributed by atoms with Crippen LogP contribution in [-0.4, -0.2) is 24.8 Å². The lowest BCUT2D eigenvalue weighted by Gasteiger charge is -2.05. The maximum atomic E-state index is 12.2. The van der Waals surface area contributed by atoms with E-state index in [1.54, 1.807) is 12.1 Å². The van der Waals surface area contributed by atoms with Crippen molar-refractivity contribution in [1.82, 2.24) is 0 Å². The lowest BCUT2D eigenvalue weighted by atomic mass is 10.1. The summed E-state index contributed by atoms with van der Waals surface area (Å²) in [6, 6.07) is 4.55. The molecule has 1 aliphatic rings. The first-order valence-corrected chi connectivity index (χ1v) is 7.03. The molecule has 0 saturated carbocycles. The molecule has 2 heterocycles. The molecular weight excluding hydrogens is 316 g/mol. The SMILES string of the molecule is COc1cc(/C=C/C(=O)c2c(O)cc(C)oc2=O)cc2c1OCO2. The second-order valence-corrected chi connectivity index (χ2v) is 5.06. The van der Waals surface area contributed by atoms with Crippen LogP contribution in [-0.2, 0) is 0 Å². The van der Waals surface area contributed by atoms with Gasteiger partial charge in [0.2, 0.25) is 12.5 Å². The molecule has 0 unspecified atom stereocenters. The molecule has 1 aromatic carbocycles. The number of methoxy groups -OCH3 is 1. The molecule has 0 aliphatic carbocycles. The zero-order valence-electron chi connectivity index (χ0n) is 13.0. The number of ether oxygens (including phenoxy) is 3. The minimum Gasteiger partial charge on any atom is -0.507 e. The smallest absolute Gasteiger partial charge is 0.351 e. The first-order valence-electron chi connectivity index (χ1n) is 7.03. The monoisotopic (exact) mass is 330 g/mol. The van der Waals surface area contributed by atoms with E-state index in [0.29, 0.717) is 22.8 Å². The van der Waals surface area contributed by atoms with Crippen LogP contribution in [0.15, 0.2) is 33.5 Å². The van der Waals surface area contributed by atoms with E-state index in [4.69, 9.17) is 18.6 Å². The van der Waals surface area contributed by atoms with Gasteiger partial charge in [-0.15, -0.1) is 0 Å². The second kappa shape index (κ2) is 6.11. The molecule has 0 radical (unpaired) electrons. The Kier molecular flexibility index (Phi) is 3.99. The van der Waals surface area contributed by atoms with E-state index >= 15 is 0 Å². The Labute approximate surface area is 136 Å². The molecule has 0 saturated heterocycles. The number of ketones is 1. The van der Waals surface area contributed by atoms with E-state index in [1.807, 2.05) is 0 Å². The van der Waals surface area contributed by atoms with Crippen LogP contribution in [0.1, 0.15) is 21.7 Å². The predicted molar refractivity (Wildman–Crippen MR) is 83.9 cm³/mol. The molecule has 0 bridgehead atoms. The van der Waals surface area contributed by atoms with Crippen LogP contribution in [0.4, 0.5) is 0 Å². The highest BCUT2D eigenvalue weighted by molar-refractivity contribution is 6.08. The van der Waals surface area contributed by atoms with E-state index in [1.165, 1.54) is 26.2 Å². The van der Waals surface area contributed by atoms with Gasteiger partial charge in [-0.3, -0.25) is 4.79 Å². The number of rotatable bonds is 4. The Morgan fingerprint density at radius 1 is 1.29 bits per heavy atom. The molecule has 1 N–H and O–H groups in total. The van der Waals surface area contributed by atoms with Gasteiger partial charge < -0.3 is 23.7 Å². The summed E-state index contributed by atoms with van der Waals surface area (Å²) in [5, 5.41) is 9.78. The minimum atomic E-state index is -0.884. The number of aromatic hydroxyl groups is 1. The van der Waals surface area contributed by atoms with Crippen molar-refractivity contribution in [3.8, 4) is 23.0 Å². The summed E-state index contributed by atoms with van der Waals surface area (Å²) in [4.78, 5) is 23.9. The number of hydrogen-bond acceptors (Lipinski definition) is 7. The highest BCUT2D eigenvalue weighted by atomic mass is 16.7. The molecule has 1 aliphatic heterocycles. The first kappa shape index (κ1) is 15.7. The van der Waals surface area contributed by atoms with Crippen LogP contribution in [0.5, 0.6) is 23.0 Å². The molecule has 7 heteroatoms. The van der Waals surface area contributed by atoms with E-state index in [2.05, 4.69) is 0 Å². The largest absolute Gasteiger partial charge is 0.507 e. The third-order valence-corrected chi connectivity index (χ3v) is 3.41. The number of fused-ring (bicyclic) bond motifs is 1. The summed E-state index contributed by atoms with van der Waals surface area (Å²) < 4.78 is 20.6. The van der Waals surface area contributed by atoms with Crippen molar-refractivity contribution in [1.29, 1.82) is 0 Å². The van der Waals surface area contributed by atoms with E-state index in [-0.39, 0.29) is 12.6 Å². The standard InChI is InChI=1S/C17H14O7/c1-9-5-12(19)15(17(20)24-9)11(18)4-3-10-6-13(21-2)16-14(7-10)22-8-23-16/h3-7,19H,8H2,1-2H3/b4-3+. The third-order valence-electron chi connectivity index (χ3n) is 3.41. The van der Waals surface area contributed by atoms with Gasteiger partial charge in [0.15, 0.2) is 17.3 Å². The summed E-state index contributed by atoms with van der Waals surface area (Å²) >= 11 is 0. The zero-order chi connectivity index (χ0) is 17.3. The lowest BCUT2D eigenvalue weighted by Crippen LogP contribution is -2.12. The lowest BCUT2D eigenvalue weighted by molar-refractivity contribution is 0.104. The molecule has 2 aromatic rings. The summed E-state index contributed by atoms with van der Waals surface area (Å²) in [6.07, 6.45) is 2.64. The molecule has 0 spiro atoms. The van der Waals surface area contributed by atoms with Gasteiger partial charge in [-0.2, -0.15) is 0 Å². The maximum absolute atomic E-state index is 12.2. The van der Waals surface area contributed by atoms with Crippen LogP contribution in [0.25, 0.3) is 6.08 Å². The van der Waals surface area contributed by atoms with Gasteiger partial charge in [0.25, 0.3) is 0 Å². The summed E-state index contributed by atoms with van der Waals surface area (Å²) in [6.45, 7) is 1.60. The molecule has 3 rings (SSSR count). The van der Waals surface area contributed by atoms with Crippen molar-refractivity contribution in [2.45, 2.75) is 6.92 Å². The van der Waals surface area contributed by atoms with E-state index in [0.717, 1.165) is 6.08 Å². The van der Waals surface area contributed by atoms with Gasteiger partial charge in [0.05, 0.1) is 7.11 Å². The Hall–Kier alpha value is -3.22. The van der Waals surface area contributed by atoms with E-state index < -0.39 is 22.7 Å². The summed E-state index contributed by atoms with van der Waals surface area (Å²) in [5.74, 6) is 0.602. The fraction of sp³-hybridized carbons (Fsp3) is 0.176. The molecule has 7 nitrogen and oxygen atoms in total. The van der Waals surface area contributed by atoms with Crippen molar-refractivity contribution in [2.75, 3.05) is 13.9 Å². The molecular formula is C17H14O7. The Morgan fingerprint density at radius 3 is 2.79 bits per heavy atom. The summed E-state index contributed by atoms with van der Waals surface area (Å²) in [7, 11) is 1.49. The highest BCUT2D eigenvalue weighted by Crippen LogP contribution is 2.42. The van der Waals surface area contributed by atoms with Gasteiger partial charge in [-0.05, 0) is 30.7 Å². The Bertz CT molecular complexity index is 893. The fourth-order valence-corrected chi connectivity index (χ4v) is 2.32. The maximum Gasteiger partial charge on any atom is 0.351 e. The third kappa shape index (κ3) is 2.83. The quantitative estimate of drug-likeness (QED) is 0.679. The van der Waals surface area contributed by atoms with Crippen LogP contribution < -0.4 is 19.8 Å². The van der Waals surface area contributed by atoms with Gasteiger partial charge >= 0.3 is 5.63 Å². The number of aryl methyl sites for hydroxylation is 1. The van der Waals surface area contributed by atoms with E-state index in [9.17, 15) is 14.7 Å². The molecule has 0 fully saturated rings. The number of hydrogen-bond donors (Lipinski definition) is 1. The minimum absolute atomic E-state index is 0.0933. The molecule has 0 atom stereocenters. The normalized spacial score (nSPS) is 12.6. The molecule has 124 valence electrons. The van der Waals surface area contributed by atoms with Crippen molar-refractivity contribution in [2.24, 2.45) is 0 Å². The van der Waals surface area contributed by atoms with Crippen LogP contribution in [0.3, 0.4) is 0 Å². The van der Waals surface area contributed by atoms with Crippen LogP contribution in [0.2, 0.25) is 0 Å². The average molecular weight is 330 g/mol. The van der Waals surface area contributed by atoms with Crippen molar-refractivity contribution < 1.29 is 28.5 Å². The fourth-order valence-electron chi connectivity index (χ4n) is 2.32.